The molecule has 2 rings (SSSR count). The topological polar surface area (TPSA) is 54.2 Å². The maximum atomic E-state index is 4.26. The van der Waals surface area contributed by atoms with Crippen LogP contribution in [0.3, 0.4) is 0 Å². The molecule has 5 nitrogen and oxygen atoms in total. The molecule has 18 heavy (non-hydrogen) atoms. The van der Waals surface area contributed by atoms with Gasteiger partial charge in [-0.3, -0.25) is 4.99 Å². The van der Waals surface area contributed by atoms with Crippen molar-refractivity contribution in [1.29, 1.82) is 0 Å². The van der Waals surface area contributed by atoms with Crippen LogP contribution in [0.5, 0.6) is 0 Å². The van der Waals surface area contributed by atoms with Gasteiger partial charge in [0, 0.05) is 38.6 Å². The fraction of sp³-hybridized carbons (Fsp3) is 0.692. The number of hydrogen-bond donors (Lipinski definition) is 2. The largest absolute Gasteiger partial charge is 0.356 e. The van der Waals surface area contributed by atoms with Crippen molar-refractivity contribution in [2.75, 3.05) is 13.6 Å². The van der Waals surface area contributed by atoms with E-state index in [2.05, 4.69) is 25.2 Å². The van der Waals surface area contributed by atoms with Crippen LogP contribution >= 0.6 is 0 Å². The fourth-order valence-electron chi connectivity index (χ4n) is 2.35. The Morgan fingerprint density at radius 1 is 1.44 bits per heavy atom. The first-order chi connectivity index (χ1) is 8.88. The molecule has 1 heterocycles. The lowest BCUT2D eigenvalue weighted by molar-refractivity contribution is 0.594. The monoisotopic (exact) mass is 249 g/mol. The van der Waals surface area contributed by atoms with Crippen LogP contribution in [-0.4, -0.2) is 35.1 Å². The predicted octanol–water partition coefficient (Wildman–Crippen LogP) is 1.38. The van der Waals surface area contributed by atoms with Crippen LogP contribution in [0.2, 0.25) is 0 Å². The number of rotatable bonds is 5. The highest BCUT2D eigenvalue weighted by atomic mass is 15.2. The molecule has 1 aliphatic carbocycles. The summed E-state index contributed by atoms with van der Waals surface area (Å²) >= 11 is 0. The smallest absolute Gasteiger partial charge is 0.191 e. The molecule has 0 aliphatic heterocycles. The summed E-state index contributed by atoms with van der Waals surface area (Å²) in [5.74, 6) is 0.938. The summed E-state index contributed by atoms with van der Waals surface area (Å²) in [7, 11) is 1.83. The Balaban J connectivity index is 1.61. The third kappa shape index (κ3) is 4.05. The highest BCUT2D eigenvalue weighted by Gasteiger charge is 2.15. The molecule has 1 fully saturated rings. The maximum Gasteiger partial charge on any atom is 0.191 e. The molecule has 2 N–H and O–H groups in total. The second kappa shape index (κ2) is 7.03. The van der Waals surface area contributed by atoms with E-state index in [4.69, 9.17) is 0 Å². The Morgan fingerprint density at radius 3 is 2.94 bits per heavy atom. The molecule has 0 saturated heterocycles. The van der Waals surface area contributed by atoms with E-state index in [0.717, 1.165) is 25.5 Å². The summed E-state index contributed by atoms with van der Waals surface area (Å²) in [6.07, 6.45) is 12.0. The van der Waals surface area contributed by atoms with Gasteiger partial charge in [0.25, 0.3) is 0 Å². The molecule has 0 unspecified atom stereocenters. The SMILES string of the molecule is CN=C(NCCCn1ccnc1)NC1CCCC1. The van der Waals surface area contributed by atoms with Crippen molar-refractivity contribution in [1.82, 2.24) is 20.2 Å². The van der Waals surface area contributed by atoms with Gasteiger partial charge in [-0.2, -0.15) is 0 Å². The number of hydrogen-bond acceptors (Lipinski definition) is 2. The molecule has 0 radical (unpaired) electrons. The van der Waals surface area contributed by atoms with Gasteiger partial charge in [-0.15, -0.1) is 0 Å². The zero-order valence-corrected chi connectivity index (χ0v) is 11.1. The molecule has 5 heteroatoms. The van der Waals surface area contributed by atoms with E-state index < -0.39 is 0 Å². The minimum atomic E-state index is 0.616. The van der Waals surface area contributed by atoms with Gasteiger partial charge in [0.15, 0.2) is 5.96 Å². The van der Waals surface area contributed by atoms with Crippen LogP contribution in [0, 0.1) is 0 Å². The van der Waals surface area contributed by atoms with E-state index in [-0.39, 0.29) is 0 Å². The number of guanidine groups is 1. The molecule has 0 aromatic carbocycles. The molecule has 1 aromatic heterocycles. The Hall–Kier alpha value is -1.52. The van der Waals surface area contributed by atoms with Crippen LogP contribution < -0.4 is 10.6 Å². The van der Waals surface area contributed by atoms with E-state index in [1.54, 1.807) is 0 Å². The number of nitrogens with one attached hydrogen (secondary N) is 2. The summed E-state index contributed by atoms with van der Waals surface area (Å²) < 4.78 is 2.09. The zero-order valence-electron chi connectivity index (χ0n) is 11.1. The van der Waals surface area contributed by atoms with Crippen LogP contribution in [0.1, 0.15) is 32.1 Å². The first-order valence-electron chi connectivity index (χ1n) is 6.81. The van der Waals surface area contributed by atoms with Crippen LogP contribution in [0.25, 0.3) is 0 Å². The van der Waals surface area contributed by atoms with Gasteiger partial charge < -0.3 is 15.2 Å². The highest BCUT2D eigenvalue weighted by Crippen LogP contribution is 2.17. The van der Waals surface area contributed by atoms with Crippen LogP contribution in [0.4, 0.5) is 0 Å². The van der Waals surface area contributed by atoms with E-state index in [0.29, 0.717) is 6.04 Å². The maximum absolute atomic E-state index is 4.26. The fourth-order valence-corrected chi connectivity index (χ4v) is 2.35. The number of aryl methyl sites for hydroxylation is 1. The van der Waals surface area contributed by atoms with Gasteiger partial charge in [0.05, 0.1) is 6.33 Å². The second-order valence-corrected chi connectivity index (χ2v) is 4.78. The third-order valence-electron chi connectivity index (χ3n) is 3.36. The van der Waals surface area contributed by atoms with Crippen molar-refractivity contribution in [3.05, 3.63) is 18.7 Å². The quantitative estimate of drug-likeness (QED) is 0.471. The average molecular weight is 249 g/mol. The minimum absolute atomic E-state index is 0.616. The van der Waals surface area contributed by atoms with Gasteiger partial charge >= 0.3 is 0 Å². The molecule has 0 spiro atoms. The van der Waals surface area contributed by atoms with E-state index in [1.165, 1.54) is 25.7 Å². The molecular weight excluding hydrogens is 226 g/mol. The molecule has 0 atom stereocenters. The molecule has 0 bridgehead atoms. The van der Waals surface area contributed by atoms with Gasteiger partial charge in [-0.25, -0.2) is 4.98 Å². The standard InChI is InChI=1S/C13H23N5/c1-14-13(17-12-5-2-3-6-12)16-7-4-9-18-10-8-15-11-18/h8,10-12H,2-7,9H2,1H3,(H2,14,16,17). The van der Waals surface area contributed by atoms with Crippen LogP contribution in [-0.2, 0) is 6.54 Å². The number of imidazole rings is 1. The normalized spacial score (nSPS) is 17.1. The van der Waals surface area contributed by atoms with E-state index >= 15 is 0 Å². The summed E-state index contributed by atoms with van der Waals surface area (Å²) in [5.41, 5.74) is 0. The second-order valence-electron chi connectivity index (χ2n) is 4.78. The number of nitrogens with zero attached hydrogens (tertiary/aromatic N) is 3. The lowest BCUT2D eigenvalue weighted by atomic mass is 10.2. The Labute approximate surface area is 109 Å². The Kier molecular flexibility index (Phi) is 5.05. The lowest BCUT2D eigenvalue weighted by Crippen LogP contribution is -2.42. The van der Waals surface area contributed by atoms with Gasteiger partial charge in [0.1, 0.15) is 0 Å². The molecule has 1 aromatic rings. The predicted molar refractivity (Wildman–Crippen MR) is 73.6 cm³/mol. The minimum Gasteiger partial charge on any atom is -0.356 e. The summed E-state index contributed by atoms with van der Waals surface area (Å²) in [4.78, 5) is 8.29. The first kappa shape index (κ1) is 12.9. The molecule has 1 saturated carbocycles. The first-order valence-corrected chi connectivity index (χ1v) is 6.81. The van der Waals surface area contributed by atoms with Crippen LogP contribution in [0.15, 0.2) is 23.7 Å². The van der Waals surface area contributed by atoms with Crippen molar-refractivity contribution in [2.45, 2.75) is 44.7 Å². The van der Waals surface area contributed by atoms with Crippen molar-refractivity contribution >= 4 is 5.96 Å². The summed E-state index contributed by atoms with van der Waals surface area (Å²) in [6, 6.07) is 0.616. The van der Waals surface area contributed by atoms with Crippen molar-refractivity contribution in [2.24, 2.45) is 4.99 Å². The lowest BCUT2D eigenvalue weighted by Gasteiger charge is -2.16. The molecule has 100 valence electrons. The zero-order chi connectivity index (χ0) is 12.6. The average Bonchev–Trinajstić information content (AvgIpc) is 3.06. The molecule has 0 amide bonds. The Morgan fingerprint density at radius 2 is 2.28 bits per heavy atom. The van der Waals surface area contributed by atoms with Gasteiger partial charge in [0.2, 0.25) is 0 Å². The summed E-state index contributed by atoms with van der Waals surface area (Å²) in [6.45, 7) is 1.93. The van der Waals surface area contributed by atoms with Crippen molar-refractivity contribution in [3.63, 3.8) is 0 Å². The van der Waals surface area contributed by atoms with Crippen molar-refractivity contribution in [3.8, 4) is 0 Å². The number of aromatic nitrogens is 2. The van der Waals surface area contributed by atoms with Gasteiger partial charge in [-0.1, -0.05) is 12.8 Å². The molecular formula is C13H23N5. The van der Waals surface area contributed by atoms with Crippen molar-refractivity contribution < 1.29 is 0 Å². The Bertz CT molecular complexity index is 351. The summed E-state index contributed by atoms with van der Waals surface area (Å²) in [5, 5.41) is 6.84. The number of aliphatic imine (C=N–C) groups is 1. The third-order valence-corrected chi connectivity index (χ3v) is 3.36. The highest BCUT2D eigenvalue weighted by molar-refractivity contribution is 5.79. The molecule has 1 aliphatic rings. The van der Waals surface area contributed by atoms with Gasteiger partial charge in [-0.05, 0) is 19.3 Å². The van der Waals surface area contributed by atoms with E-state index in [1.807, 2.05) is 25.8 Å². The van der Waals surface area contributed by atoms with E-state index in [9.17, 15) is 0 Å².